The second-order valence-corrected chi connectivity index (χ2v) is 2.80. The maximum Gasteiger partial charge on any atom is 0.299 e. The zero-order valence-electron chi connectivity index (χ0n) is 7.02. The van der Waals surface area contributed by atoms with Crippen molar-refractivity contribution in [1.82, 2.24) is 4.90 Å². The predicted molar refractivity (Wildman–Crippen MR) is 49.2 cm³/mol. The zero-order valence-corrected chi connectivity index (χ0v) is 8.60. The van der Waals surface area contributed by atoms with E-state index in [0.717, 1.165) is 0 Å². The highest BCUT2D eigenvalue weighted by molar-refractivity contribution is 9.12. The fourth-order valence-electron chi connectivity index (χ4n) is 0.855. The van der Waals surface area contributed by atoms with Gasteiger partial charge in [0, 0.05) is 34.4 Å². The molecular weight excluding hydrogens is 206 g/mol. The van der Waals surface area contributed by atoms with Crippen molar-refractivity contribution in [3.05, 3.63) is 0 Å². The molecule has 0 spiro atoms. The quantitative estimate of drug-likeness (QED) is 0.644. The van der Waals surface area contributed by atoms with E-state index in [2.05, 4.69) is 26.7 Å². The van der Waals surface area contributed by atoms with Crippen LogP contribution < -0.4 is 0 Å². The molecule has 0 aliphatic carbocycles. The van der Waals surface area contributed by atoms with Crippen LogP contribution in [0.3, 0.4) is 0 Å². The molecule has 0 N–H and O–H groups in total. The lowest BCUT2D eigenvalue weighted by Crippen LogP contribution is -2.35. The Kier molecular flexibility index (Phi) is 4.97. The molecule has 2 nitrogen and oxygen atoms in total. The summed E-state index contributed by atoms with van der Waals surface area (Å²) in [4.78, 5) is 15.2. The van der Waals surface area contributed by atoms with Crippen LogP contribution in [-0.4, -0.2) is 23.4 Å². The molecule has 0 unspecified atom stereocenters. The van der Waals surface area contributed by atoms with Crippen LogP contribution in [0.5, 0.6) is 0 Å². The highest BCUT2D eigenvalue weighted by Crippen LogP contribution is 1.97. The van der Waals surface area contributed by atoms with Crippen LogP contribution in [0, 0.1) is 10.8 Å². The van der Waals surface area contributed by atoms with Crippen LogP contribution in [0.1, 0.15) is 20.8 Å². The second kappa shape index (κ2) is 5.20. The summed E-state index contributed by atoms with van der Waals surface area (Å²) in [7, 11) is 0. The van der Waals surface area contributed by atoms with Crippen LogP contribution in [0.2, 0.25) is 0 Å². The number of nitrogens with zero attached hydrogens (tertiary/aromatic N) is 1. The molecule has 0 aliphatic heterocycles. The normalized spacial score (nSPS) is 8.82. The monoisotopic (exact) mass is 217 g/mol. The van der Waals surface area contributed by atoms with E-state index in [0.29, 0.717) is 6.54 Å². The van der Waals surface area contributed by atoms with Gasteiger partial charge in [-0.15, -0.1) is 0 Å². The summed E-state index contributed by atoms with van der Waals surface area (Å²) in [6, 6.07) is 0.223. The summed E-state index contributed by atoms with van der Waals surface area (Å²) in [5.41, 5.74) is 0. The number of amides is 1. The van der Waals surface area contributed by atoms with Gasteiger partial charge in [0.2, 0.25) is 0 Å². The van der Waals surface area contributed by atoms with Crippen LogP contribution >= 0.6 is 15.9 Å². The molecule has 0 aromatic rings. The molecule has 0 aromatic carbocycles. The summed E-state index contributed by atoms with van der Waals surface area (Å²) >= 11 is 2.89. The number of rotatable bonds is 2. The first-order chi connectivity index (χ1) is 5.13. The first kappa shape index (κ1) is 10.5. The highest BCUT2D eigenvalue weighted by atomic mass is 79.9. The smallest absolute Gasteiger partial charge is 0.299 e. The predicted octanol–water partition coefficient (Wildman–Crippen LogP) is 1.60. The molecule has 0 aliphatic rings. The molecule has 0 rings (SSSR count). The van der Waals surface area contributed by atoms with Gasteiger partial charge in [-0.1, -0.05) is 0 Å². The Labute approximate surface area is 76.1 Å². The number of halogens is 1. The Morgan fingerprint density at radius 1 is 1.64 bits per heavy atom. The second-order valence-electron chi connectivity index (χ2n) is 2.40. The lowest BCUT2D eigenvalue weighted by Gasteiger charge is -2.21. The van der Waals surface area contributed by atoms with Gasteiger partial charge >= 0.3 is 0 Å². The van der Waals surface area contributed by atoms with E-state index in [4.69, 9.17) is 0 Å². The average Bonchev–Trinajstić information content (AvgIpc) is 1.88. The van der Waals surface area contributed by atoms with Gasteiger partial charge in [-0.25, -0.2) is 0 Å². The van der Waals surface area contributed by atoms with Gasteiger partial charge in [0.05, 0.1) is 0 Å². The Morgan fingerprint density at radius 3 is 2.45 bits per heavy atom. The van der Waals surface area contributed by atoms with E-state index < -0.39 is 0 Å². The summed E-state index contributed by atoms with van der Waals surface area (Å²) < 4.78 is 0. The number of carbonyl (C=O) groups excluding carboxylic acids is 1. The molecule has 0 radical (unpaired) electrons. The van der Waals surface area contributed by atoms with Crippen molar-refractivity contribution in [2.45, 2.75) is 26.8 Å². The van der Waals surface area contributed by atoms with E-state index in [1.807, 2.05) is 20.8 Å². The summed E-state index contributed by atoms with van der Waals surface area (Å²) in [6.45, 7) is 6.58. The first-order valence-electron chi connectivity index (χ1n) is 3.55. The first-order valence-corrected chi connectivity index (χ1v) is 4.35. The van der Waals surface area contributed by atoms with E-state index in [-0.39, 0.29) is 11.9 Å². The van der Waals surface area contributed by atoms with E-state index in [1.54, 1.807) is 4.90 Å². The summed E-state index contributed by atoms with van der Waals surface area (Å²) in [5, 5.41) is 0. The molecule has 0 saturated carbocycles. The van der Waals surface area contributed by atoms with Crippen molar-refractivity contribution in [2.75, 3.05) is 6.54 Å². The van der Waals surface area contributed by atoms with Crippen LogP contribution in [0.4, 0.5) is 0 Å². The molecular formula is C8H12BrNO. The maximum absolute atomic E-state index is 11.1. The third-order valence-electron chi connectivity index (χ3n) is 1.38. The molecule has 0 atom stereocenters. The van der Waals surface area contributed by atoms with Gasteiger partial charge in [-0.3, -0.25) is 4.79 Å². The standard InChI is InChI=1S/C8H12BrNO/c1-4-10(7(2)3)8(11)5-6-9/h7H,4H2,1-3H3. The third-order valence-corrected chi connectivity index (χ3v) is 1.58. The van der Waals surface area contributed by atoms with Gasteiger partial charge in [-0.05, 0) is 25.6 Å². The maximum atomic E-state index is 11.1. The number of carbonyl (C=O) groups is 1. The van der Waals surface area contributed by atoms with Crippen LogP contribution in [-0.2, 0) is 4.79 Å². The third kappa shape index (κ3) is 3.43. The van der Waals surface area contributed by atoms with Gasteiger partial charge in [0.1, 0.15) is 0 Å². The van der Waals surface area contributed by atoms with Crippen LogP contribution in [0.15, 0.2) is 0 Å². The lowest BCUT2D eigenvalue weighted by molar-refractivity contribution is -0.126. The SMILES string of the molecule is CCN(C(=O)C#CBr)C(C)C. The molecule has 62 valence electrons. The van der Waals surface area contributed by atoms with Crippen molar-refractivity contribution >= 4 is 21.8 Å². The molecule has 0 saturated heterocycles. The molecule has 0 fully saturated rings. The van der Waals surface area contributed by atoms with Gasteiger partial charge in [0.25, 0.3) is 5.91 Å². The van der Waals surface area contributed by atoms with Gasteiger partial charge < -0.3 is 4.90 Å². The minimum atomic E-state index is -0.126. The Hall–Kier alpha value is -0.490. The molecule has 0 aromatic heterocycles. The molecule has 1 amide bonds. The fraction of sp³-hybridized carbons (Fsp3) is 0.625. The van der Waals surface area contributed by atoms with E-state index in [9.17, 15) is 4.79 Å². The summed E-state index contributed by atoms with van der Waals surface area (Å²) in [5.74, 6) is 2.31. The lowest BCUT2D eigenvalue weighted by atomic mass is 10.3. The van der Waals surface area contributed by atoms with Crippen molar-refractivity contribution < 1.29 is 4.79 Å². The van der Waals surface area contributed by atoms with Gasteiger partial charge in [0.15, 0.2) is 0 Å². The Balaban J connectivity index is 4.22. The fourth-order valence-corrected chi connectivity index (χ4v) is 1.03. The minimum Gasteiger partial charge on any atom is -0.330 e. The molecule has 11 heavy (non-hydrogen) atoms. The van der Waals surface area contributed by atoms with Crippen molar-refractivity contribution in [3.63, 3.8) is 0 Å². The highest BCUT2D eigenvalue weighted by Gasteiger charge is 2.11. The zero-order chi connectivity index (χ0) is 8.85. The molecule has 0 heterocycles. The summed E-state index contributed by atoms with van der Waals surface area (Å²) in [6.07, 6.45) is 0. The van der Waals surface area contributed by atoms with E-state index >= 15 is 0 Å². The number of hydrogen-bond donors (Lipinski definition) is 0. The average molecular weight is 218 g/mol. The number of hydrogen-bond acceptors (Lipinski definition) is 1. The van der Waals surface area contributed by atoms with Crippen molar-refractivity contribution in [1.29, 1.82) is 0 Å². The Morgan fingerprint density at radius 2 is 2.18 bits per heavy atom. The van der Waals surface area contributed by atoms with Crippen molar-refractivity contribution in [2.24, 2.45) is 0 Å². The van der Waals surface area contributed by atoms with Crippen molar-refractivity contribution in [3.8, 4) is 10.8 Å². The van der Waals surface area contributed by atoms with E-state index in [1.165, 1.54) is 0 Å². The molecule has 0 bridgehead atoms. The largest absolute Gasteiger partial charge is 0.330 e. The van der Waals surface area contributed by atoms with Gasteiger partial charge in [-0.2, -0.15) is 0 Å². The molecule has 3 heteroatoms. The minimum absolute atomic E-state index is 0.126. The Bertz CT molecular complexity index is 190. The van der Waals surface area contributed by atoms with Crippen LogP contribution in [0.25, 0.3) is 0 Å². The topological polar surface area (TPSA) is 20.3 Å².